The molecule has 1 aromatic rings. The lowest BCUT2D eigenvalue weighted by Gasteiger charge is -2.05. The van der Waals surface area contributed by atoms with Crippen molar-refractivity contribution in [3.05, 3.63) is 11.7 Å². The summed E-state index contributed by atoms with van der Waals surface area (Å²) in [6.07, 6.45) is 1.36. The van der Waals surface area contributed by atoms with Crippen LogP contribution in [0.2, 0.25) is 0 Å². The van der Waals surface area contributed by atoms with Crippen LogP contribution in [0.1, 0.15) is 31.2 Å². The quantitative estimate of drug-likeness (QED) is 0.688. The van der Waals surface area contributed by atoms with Crippen molar-refractivity contribution in [2.24, 2.45) is 0 Å². The molecule has 13 heavy (non-hydrogen) atoms. The van der Waals surface area contributed by atoms with Crippen LogP contribution in [0.5, 0.6) is 0 Å². The van der Waals surface area contributed by atoms with Gasteiger partial charge in [0.25, 0.3) is 0 Å². The Kier molecular flexibility index (Phi) is 4.18. The number of nitrogens with zero attached hydrogens (tertiary/aromatic N) is 2. The van der Waals surface area contributed by atoms with E-state index < -0.39 is 0 Å². The molecule has 1 heterocycles. The molecular formula is C8H13ClN2O2. The van der Waals surface area contributed by atoms with E-state index in [2.05, 4.69) is 10.1 Å². The number of rotatable bonds is 5. The van der Waals surface area contributed by atoms with Crippen LogP contribution in [-0.2, 0) is 11.2 Å². The van der Waals surface area contributed by atoms with Crippen molar-refractivity contribution in [3.8, 4) is 0 Å². The molecule has 0 bridgehead atoms. The molecule has 0 spiro atoms. The molecule has 0 aliphatic rings. The summed E-state index contributed by atoms with van der Waals surface area (Å²) in [5, 5.41) is 3.81. The van der Waals surface area contributed by atoms with Crippen LogP contribution in [0.15, 0.2) is 4.52 Å². The van der Waals surface area contributed by atoms with Crippen molar-refractivity contribution in [2.45, 2.75) is 25.9 Å². The van der Waals surface area contributed by atoms with Crippen LogP contribution >= 0.6 is 11.6 Å². The average molecular weight is 205 g/mol. The van der Waals surface area contributed by atoms with E-state index in [4.69, 9.17) is 20.9 Å². The number of halogens is 1. The summed E-state index contributed by atoms with van der Waals surface area (Å²) in [6, 6.07) is 0. The first-order valence-electron chi connectivity index (χ1n) is 4.23. The maximum Gasteiger partial charge on any atom is 0.227 e. The molecule has 5 heteroatoms. The van der Waals surface area contributed by atoms with Crippen LogP contribution in [0.25, 0.3) is 0 Å². The van der Waals surface area contributed by atoms with Gasteiger partial charge >= 0.3 is 0 Å². The first-order valence-corrected chi connectivity index (χ1v) is 4.76. The first-order chi connectivity index (χ1) is 6.31. The smallest absolute Gasteiger partial charge is 0.227 e. The van der Waals surface area contributed by atoms with Gasteiger partial charge in [-0.1, -0.05) is 12.1 Å². The van der Waals surface area contributed by atoms with Crippen molar-refractivity contribution in [3.63, 3.8) is 0 Å². The molecule has 1 atom stereocenters. The van der Waals surface area contributed by atoms with Gasteiger partial charge in [0.1, 0.15) is 6.10 Å². The Labute approximate surface area is 82.2 Å². The van der Waals surface area contributed by atoms with Crippen LogP contribution in [0, 0.1) is 0 Å². The van der Waals surface area contributed by atoms with Crippen molar-refractivity contribution in [2.75, 3.05) is 13.0 Å². The van der Waals surface area contributed by atoms with Crippen molar-refractivity contribution >= 4 is 11.6 Å². The minimum absolute atomic E-state index is 0.0761. The average Bonchev–Trinajstić information content (AvgIpc) is 2.56. The predicted molar refractivity (Wildman–Crippen MR) is 48.8 cm³/mol. The number of methoxy groups -OCH3 is 1. The highest BCUT2D eigenvalue weighted by Gasteiger charge is 2.15. The van der Waals surface area contributed by atoms with Gasteiger partial charge in [-0.2, -0.15) is 4.98 Å². The molecule has 1 rings (SSSR count). The Bertz CT molecular complexity index is 248. The summed E-state index contributed by atoms with van der Waals surface area (Å²) in [6.45, 7) is 2.01. The zero-order valence-corrected chi connectivity index (χ0v) is 8.54. The van der Waals surface area contributed by atoms with Gasteiger partial charge in [0, 0.05) is 19.4 Å². The molecule has 0 N–H and O–H groups in total. The molecule has 74 valence electrons. The zero-order valence-electron chi connectivity index (χ0n) is 7.79. The molecule has 4 nitrogen and oxygen atoms in total. The second kappa shape index (κ2) is 5.19. The van der Waals surface area contributed by atoms with Gasteiger partial charge in [0.2, 0.25) is 11.7 Å². The maximum atomic E-state index is 5.53. The molecular weight excluding hydrogens is 192 g/mol. The molecule has 0 radical (unpaired) electrons. The van der Waals surface area contributed by atoms with E-state index >= 15 is 0 Å². The lowest BCUT2D eigenvalue weighted by Crippen LogP contribution is -2.02. The highest BCUT2D eigenvalue weighted by molar-refractivity contribution is 6.17. The standard InChI is InChI=1S/C8H13ClN2O2/c1-3-6(12-2)8-10-7(4-5-9)13-11-8/h6H,3-5H2,1-2H3. The molecule has 0 aliphatic carbocycles. The highest BCUT2D eigenvalue weighted by atomic mass is 35.5. The molecule has 0 aromatic carbocycles. The molecule has 0 fully saturated rings. The fraction of sp³-hybridized carbons (Fsp3) is 0.750. The van der Waals surface area contributed by atoms with Gasteiger partial charge < -0.3 is 9.26 Å². The van der Waals surface area contributed by atoms with E-state index in [1.54, 1.807) is 7.11 Å². The summed E-state index contributed by atoms with van der Waals surface area (Å²) in [7, 11) is 1.63. The number of aromatic nitrogens is 2. The summed E-state index contributed by atoms with van der Waals surface area (Å²) >= 11 is 5.53. The fourth-order valence-electron chi connectivity index (χ4n) is 1.04. The second-order valence-electron chi connectivity index (χ2n) is 2.62. The van der Waals surface area contributed by atoms with Crippen LogP contribution in [0.4, 0.5) is 0 Å². The van der Waals surface area contributed by atoms with Crippen LogP contribution in [0.3, 0.4) is 0 Å². The number of alkyl halides is 1. The van der Waals surface area contributed by atoms with Gasteiger partial charge in [-0.3, -0.25) is 0 Å². The number of hydrogen-bond acceptors (Lipinski definition) is 4. The summed E-state index contributed by atoms with van der Waals surface area (Å²) in [5.41, 5.74) is 0. The largest absolute Gasteiger partial charge is 0.373 e. The molecule has 1 aromatic heterocycles. The Morgan fingerprint density at radius 2 is 2.38 bits per heavy atom. The Morgan fingerprint density at radius 1 is 1.62 bits per heavy atom. The number of ether oxygens (including phenoxy) is 1. The minimum Gasteiger partial charge on any atom is -0.373 e. The van der Waals surface area contributed by atoms with Gasteiger partial charge in [0.05, 0.1) is 0 Å². The van der Waals surface area contributed by atoms with E-state index in [0.717, 1.165) is 6.42 Å². The van der Waals surface area contributed by atoms with Gasteiger partial charge in [-0.25, -0.2) is 0 Å². The minimum atomic E-state index is -0.0761. The molecule has 0 saturated carbocycles. The Morgan fingerprint density at radius 3 is 2.92 bits per heavy atom. The van der Waals surface area contributed by atoms with Gasteiger partial charge in [-0.05, 0) is 6.42 Å². The van der Waals surface area contributed by atoms with Crippen molar-refractivity contribution in [1.29, 1.82) is 0 Å². The van der Waals surface area contributed by atoms with E-state index in [0.29, 0.717) is 24.0 Å². The zero-order chi connectivity index (χ0) is 9.68. The first kappa shape index (κ1) is 10.5. The highest BCUT2D eigenvalue weighted by Crippen LogP contribution is 2.16. The summed E-state index contributed by atoms with van der Waals surface area (Å²) in [5.74, 6) is 1.66. The fourth-order valence-corrected chi connectivity index (χ4v) is 1.20. The van der Waals surface area contributed by atoms with E-state index in [-0.39, 0.29) is 6.10 Å². The lowest BCUT2D eigenvalue weighted by molar-refractivity contribution is 0.0903. The summed E-state index contributed by atoms with van der Waals surface area (Å²) < 4.78 is 10.1. The third kappa shape index (κ3) is 2.67. The third-order valence-electron chi connectivity index (χ3n) is 1.74. The summed E-state index contributed by atoms with van der Waals surface area (Å²) in [4.78, 5) is 4.15. The van der Waals surface area contributed by atoms with Gasteiger partial charge in [-0.15, -0.1) is 11.6 Å². The SMILES string of the molecule is CCC(OC)c1noc(CCCl)n1. The normalized spacial score (nSPS) is 13.2. The second-order valence-corrected chi connectivity index (χ2v) is 3.00. The van der Waals surface area contributed by atoms with Crippen LogP contribution in [-0.4, -0.2) is 23.1 Å². The van der Waals surface area contributed by atoms with Crippen molar-refractivity contribution in [1.82, 2.24) is 10.1 Å². The van der Waals surface area contributed by atoms with E-state index in [1.165, 1.54) is 0 Å². The number of hydrogen-bond donors (Lipinski definition) is 0. The maximum absolute atomic E-state index is 5.53. The van der Waals surface area contributed by atoms with Crippen molar-refractivity contribution < 1.29 is 9.26 Å². The molecule has 0 saturated heterocycles. The third-order valence-corrected chi connectivity index (χ3v) is 1.92. The predicted octanol–water partition coefficient (Wildman–Crippen LogP) is 1.95. The molecule has 1 unspecified atom stereocenters. The Hall–Kier alpha value is -0.610. The van der Waals surface area contributed by atoms with E-state index in [9.17, 15) is 0 Å². The molecule has 0 aliphatic heterocycles. The van der Waals surface area contributed by atoms with Gasteiger partial charge in [0.15, 0.2) is 0 Å². The topological polar surface area (TPSA) is 48.2 Å². The Balaban J connectivity index is 2.66. The van der Waals surface area contributed by atoms with E-state index in [1.807, 2.05) is 6.92 Å². The van der Waals surface area contributed by atoms with Crippen LogP contribution < -0.4 is 0 Å². The monoisotopic (exact) mass is 204 g/mol. The number of aryl methyl sites for hydroxylation is 1. The lowest BCUT2D eigenvalue weighted by atomic mass is 10.2. The molecule has 0 amide bonds.